The number of hydrogen-bond donors (Lipinski definition) is 1. The van der Waals surface area contributed by atoms with Gasteiger partial charge in [-0.15, -0.1) is 0 Å². The number of aliphatic hydroxyl groups excluding tert-OH is 1. The number of hydrogen-bond acceptors (Lipinski definition) is 3. The van der Waals surface area contributed by atoms with E-state index in [2.05, 4.69) is 23.8 Å². The molecule has 0 aromatic carbocycles. The van der Waals surface area contributed by atoms with Crippen molar-refractivity contribution in [1.29, 1.82) is 0 Å². The van der Waals surface area contributed by atoms with Crippen LogP contribution in [0.15, 0.2) is 12.4 Å². The zero-order valence-electron chi connectivity index (χ0n) is 11.8. The van der Waals surface area contributed by atoms with Gasteiger partial charge >= 0.3 is 0 Å². The van der Waals surface area contributed by atoms with Gasteiger partial charge in [0.1, 0.15) is 0 Å². The molecule has 0 spiro atoms. The molecule has 1 aliphatic heterocycles. The SMILES string of the molecule is CCC(C)(C(O)Cc1cnn(C)c1)N1CCCC1. The predicted octanol–water partition coefficient (Wildman–Crippen LogP) is 1.59. The Labute approximate surface area is 110 Å². The zero-order chi connectivity index (χ0) is 13.2. The van der Waals surface area contributed by atoms with Gasteiger partial charge in [-0.05, 0) is 44.8 Å². The van der Waals surface area contributed by atoms with Gasteiger partial charge in [0.25, 0.3) is 0 Å². The Bertz CT molecular complexity index is 384. The molecule has 18 heavy (non-hydrogen) atoms. The topological polar surface area (TPSA) is 41.3 Å². The second kappa shape index (κ2) is 5.41. The van der Waals surface area contributed by atoms with Gasteiger partial charge in [0.2, 0.25) is 0 Å². The summed E-state index contributed by atoms with van der Waals surface area (Å²) in [5, 5.41) is 14.8. The molecule has 0 amide bonds. The highest BCUT2D eigenvalue weighted by Crippen LogP contribution is 2.29. The molecule has 2 unspecified atom stereocenters. The van der Waals surface area contributed by atoms with Crippen LogP contribution < -0.4 is 0 Å². The molecule has 1 aromatic rings. The minimum Gasteiger partial charge on any atom is -0.391 e. The molecule has 1 fully saturated rings. The standard InChI is InChI=1S/C14H25N3O/c1-4-14(2,17-7-5-6-8-17)13(18)9-12-10-15-16(3)11-12/h10-11,13,18H,4-9H2,1-3H3. The van der Waals surface area contributed by atoms with E-state index in [-0.39, 0.29) is 11.6 Å². The molecular weight excluding hydrogens is 226 g/mol. The molecule has 1 saturated heterocycles. The van der Waals surface area contributed by atoms with Crippen molar-refractivity contribution < 1.29 is 5.11 Å². The number of rotatable bonds is 5. The van der Waals surface area contributed by atoms with Crippen molar-refractivity contribution in [1.82, 2.24) is 14.7 Å². The monoisotopic (exact) mass is 251 g/mol. The van der Waals surface area contributed by atoms with Crippen LogP contribution in [0.2, 0.25) is 0 Å². The number of likely N-dealkylation sites (tertiary alicyclic amines) is 1. The molecule has 4 nitrogen and oxygen atoms in total. The summed E-state index contributed by atoms with van der Waals surface area (Å²) in [4.78, 5) is 2.45. The van der Waals surface area contributed by atoms with Crippen LogP contribution >= 0.6 is 0 Å². The highest BCUT2D eigenvalue weighted by Gasteiger charge is 2.38. The first kappa shape index (κ1) is 13.6. The van der Waals surface area contributed by atoms with E-state index in [4.69, 9.17) is 0 Å². The average Bonchev–Trinajstić information content (AvgIpc) is 2.99. The summed E-state index contributed by atoms with van der Waals surface area (Å²) < 4.78 is 1.79. The third kappa shape index (κ3) is 2.59. The lowest BCUT2D eigenvalue weighted by molar-refractivity contribution is -0.0117. The molecule has 1 N–H and O–H groups in total. The molecule has 2 rings (SSSR count). The first-order chi connectivity index (χ1) is 8.56. The van der Waals surface area contributed by atoms with Crippen LogP contribution in [0.5, 0.6) is 0 Å². The molecule has 1 aliphatic rings. The van der Waals surface area contributed by atoms with E-state index in [1.54, 1.807) is 4.68 Å². The fourth-order valence-electron chi connectivity index (χ4n) is 2.92. The van der Waals surface area contributed by atoms with E-state index in [1.807, 2.05) is 19.4 Å². The minimum absolute atomic E-state index is 0.105. The quantitative estimate of drug-likeness (QED) is 0.864. The Morgan fingerprint density at radius 1 is 1.44 bits per heavy atom. The van der Waals surface area contributed by atoms with Gasteiger partial charge in [-0.25, -0.2) is 0 Å². The molecule has 0 bridgehead atoms. The number of aromatic nitrogens is 2. The molecule has 0 aliphatic carbocycles. The summed E-state index contributed by atoms with van der Waals surface area (Å²) >= 11 is 0. The first-order valence-electron chi connectivity index (χ1n) is 6.97. The van der Waals surface area contributed by atoms with Crippen molar-refractivity contribution in [3.8, 4) is 0 Å². The van der Waals surface area contributed by atoms with Gasteiger partial charge in [0, 0.05) is 25.2 Å². The van der Waals surface area contributed by atoms with Crippen molar-refractivity contribution in [2.45, 2.75) is 51.2 Å². The second-order valence-electron chi connectivity index (χ2n) is 5.65. The summed E-state index contributed by atoms with van der Waals surface area (Å²) in [7, 11) is 1.91. The van der Waals surface area contributed by atoms with Gasteiger partial charge in [-0.3, -0.25) is 9.58 Å². The molecule has 2 atom stereocenters. The third-order valence-electron chi connectivity index (χ3n) is 4.45. The predicted molar refractivity (Wildman–Crippen MR) is 72.4 cm³/mol. The van der Waals surface area contributed by atoms with E-state index in [0.717, 1.165) is 25.1 Å². The van der Waals surface area contributed by atoms with Gasteiger partial charge in [0.15, 0.2) is 0 Å². The minimum atomic E-state index is -0.329. The van der Waals surface area contributed by atoms with E-state index >= 15 is 0 Å². The molecule has 102 valence electrons. The average molecular weight is 251 g/mol. The summed E-state index contributed by atoms with van der Waals surface area (Å²) in [5.74, 6) is 0. The Hall–Kier alpha value is -0.870. The molecule has 0 saturated carbocycles. The molecular formula is C14H25N3O. The Kier molecular flexibility index (Phi) is 4.07. The maximum atomic E-state index is 10.6. The maximum absolute atomic E-state index is 10.6. The summed E-state index contributed by atoms with van der Waals surface area (Å²) in [6, 6.07) is 0. The van der Waals surface area contributed by atoms with Crippen LogP contribution in [0, 0.1) is 0 Å². The van der Waals surface area contributed by atoms with E-state index in [0.29, 0.717) is 6.42 Å². The van der Waals surface area contributed by atoms with E-state index in [9.17, 15) is 5.11 Å². The molecule has 2 heterocycles. The van der Waals surface area contributed by atoms with E-state index < -0.39 is 0 Å². The Morgan fingerprint density at radius 3 is 2.61 bits per heavy atom. The van der Waals surface area contributed by atoms with Crippen molar-refractivity contribution in [2.75, 3.05) is 13.1 Å². The lowest BCUT2D eigenvalue weighted by Gasteiger charge is -2.42. The van der Waals surface area contributed by atoms with Gasteiger partial charge in [-0.1, -0.05) is 6.92 Å². The highest BCUT2D eigenvalue weighted by atomic mass is 16.3. The third-order valence-corrected chi connectivity index (χ3v) is 4.45. The van der Waals surface area contributed by atoms with Crippen LogP contribution in [0.1, 0.15) is 38.7 Å². The normalized spacial score (nSPS) is 22.0. The zero-order valence-corrected chi connectivity index (χ0v) is 11.8. The smallest absolute Gasteiger partial charge is 0.0762 e. The fourth-order valence-corrected chi connectivity index (χ4v) is 2.92. The number of aliphatic hydroxyl groups is 1. The van der Waals surface area contributed by atoms with Crippen LogP contribution in [-0.2, 0) is 13.5 Å². The largest absolute Gasteiger partial charge is 0.391 e. The number of aryl methyl sites for hydroxylation is 1. The summed E-state index contributed by atoms with van der Waals surface area (Å²) in [6.45, 7) is 6.60. The molecule has 0 radical (unpaired) electrons. The van der Waals surface area contributed by atoms with Gasteiger partial charge in [0.05, 0.1) is 12.3 Å². The molecule has 1 aromatic heterocycles. The van der Waals surface area contributed by atoms with Crippen molar-refractivity contribution in [3.63, 3.8) is 0 Å². The van der Waals surface area contributed by atoms with Gasteiger partial charge in [-0.2, -0.15) is 5.10 Å². The fraction of sp³-hybridized carbons (Fsp3) is 0.786. The van der Waals surface area contributed by atoms with Crippen molar-refractivity contribution in [2.24, 2.45) is 7.05 Å². The summed E-state index contributed by atoms with van der Waals surface area (Å²) in [5.41, 5.74) is 1.01. The van der Waals surface area contributed by atoms with Crippen LogP contribution in [-0.4, -0.2) is 44.5 Å². The lowest BCUT2D eigenvalue weighted by atomic mass is 9.86. The first-order valence-corrected chi connectivity index (χ1v) is 6.97. The Morgan fingerprint density at radius 2 is 2.11 bits per heavy atom. The van der Waals surface area contributed by atoms with Crippen molar-refractivity contribution >= 4 is 0 Å². The van der Waals surface area contributed by atoms with Crippen LogP contribution in [0.3, 0.4) is 0 Å². The lowest BCUT2D eigenvalue weighted by Crippen LogP contribution is -2.53. The number of nitrogens with zero attached hydrogens (tertiary/aromatic N) is 3. The summed E-state index contributed by atoms with van der Waals surface area (Å²) in [6.07, 6.45) is 7.70. The second-order valence-corrected chi connectivity index (χ2v) is 5.65. The van der Waals surface area contributed by atoms with E-state index in [1.165, 1.54) is 12.8 Å². The molecule has 4 heteroatoms. The van der Waals surface area contributed by atoms with Crippen LogP contribution in [0.25, 0.3) is 0 Å². The maximum Gasteiger partial charge on any atom is 0.0762 e. The van der Waals surface area contributed by atoms with Gasteiger partial charge < -0.3 is 5.11 Å². The Balaban J connectivity index is 2.06. The van der Waals surface area contributed by atoms with Crippen LogP contribution in [0.4, 0.5) is 0 Å². The van der Waals surface area contributed by atoms with Crippen molar-refractivity contribution in [3.05, 3.63) is 18.0 Å². The highest BCUT2D eigenvalue weighted by molar-refractivity contribution is 5.08.